The SMILES string of the molecule is O=C(O)C1CCCN(C(=O)CCN2C(=O)CCc3ccccc32)C1. The van der Waals surface area contributed by atoms with Crippen molar-refractivity contribution in [3.05, 3.63) is 29.8 Å². The molecular formula is C18H22N2O4. The Morgan fingerprint density at radius 3 is 2.79 bits per heavy atom. The van der Waals surface area contributed by atoms with E-state index >= 15 is 0 Å². The first-order valence-corrected chi connectivity index (χ1v) is 8.45. The van der Waals surface area contributed by atoms with Gasteiger partial charge in [-0.1, -0.05) is 18.2 Å². The van der Waals surface area contributed by atoms with Crippen LogP contribution in [0.1, 0.15) is 31.2 Å². The molecule has 1 saturated heterocycles. The highest BCUT2D eigenvalue weighted by Crippen LogP contribution is 2.27. The number of para-hydroxylation sites is 1. The van der Waals surface area contributed by atoms with Crippen LogP contribution < -0.4 is 4.90 Å². The van der Waals surface area contributed by atoms with Crippen LogP contribution in [-0.4, -0.2) is 47.4 Å². The zero-order chi connectivity index (χ0) is 17.1. The summed E-state index contributed by atoms with van der Waals surface area (Å²) in [5.41, 5.74) is 2.03. The van der Waals surface area contributed by atoms with Gasteiger partial charge in [-0.15, -0.1) is 0 Å². The van der Waals surface area contributed by atoms with Crippen LogP contribution >= 0.6 is 0 Å². The summed E-state index contributed by atoms with van der Waals surface area (Å²) in [5.74, 6) is -1.34. The van der Waals surface area contributed by atoms with Crippen LogP contribution in [0.2, 0.25) is 0 Å². The smallest absolute Gasteiger partial charge is 0.308 e. The summed E-state index contributed by atoms with van der Waals surface area (Å²) in [6.07, 6.45) is 2.78. The Balaban J connectivity index is 1.62. The van der Waals surface area contributed by atoms with E-state index in [2.05, 4.69) is 0 Å². The molecule has 2 aliphatic heterocycles. The second-order valence-electron chi connectivity index (χ2n) is 6.44. The number of nitrogens with zero attached hydrogens (tertiary/aromatic N) is 2. The van der Waals surface area contributed by atoms with Gasteiger partial charge >= 0.3 is 5.97 Å². The van der Waals surface area contributed by atoms with E-state index in [-0.39, 0.29) is 24.8 Å². The lowest BCUT2D eigenvalue weighted by molar-refractivity contribution is -0.145. The molecule has 2 heterocycles. The summed E-state index contributed by atoms with van der Waals surface area (Å²) >= 11 is 0. The molecule has 0 aromatic heterocycles. The third kappa shape index (κ3) is 3.42. The minimum absolute atomic E-state index is 0.0450. The Morgan fingerprint density at radius 2 is 2.00 bits per heavy atom. The van der Waals surface area contributed by atoms with E-state index in [1.807, 2.05) is 24.3 Å². The van der Waals surface area contributed by atoms with E-state index in [9.17, 15) is 14.4 Å². The van der Waals surface area contributed by atoms with Gasteiger partial charge in [0.15, 0.2) is 0 Å². The zero-order valence-electron chi connectivity index (χ0n) is 13.6. The van der Waals surface area contributed by atoms with Gasteiger partial charge in [-0.25, -0.2) is 0 Å². The minimum atomic E-state index is -0.840. The lowest BCUT2D eigenvalue weighted by atomic mass is 9.98. The molecule has 0 bridgehead atoms. The summed E-state index contributed by atoms with van der Waals surface area (Å²) in [7, 11) is 0. The van der Waals surface area contributed by atoms with E-state index in [4.69, 9.17) is 5.11 Å². The van der Waals surface area contributed by atoms with Crippen LogP contribution in [0.4, 0.5) is 5.69 Å². The van der Waals surface area contributed by atoms with Crippen LogP contribution in [0, 0.1) is 5.92 Å². The molecule has 1 atom stereocenters. The number of hydrogen-bond acceptors (Lipinski definition) is 3. The van der Waals surface area contributed by atoms with Crippen LogP contribution in [0.5, 0.6) is 0 Å². The number of fused-ring (bicyclic) bond motifs is 1. The number of amides is 2. The van der Waals surface area contributed by atoms with Crippen molar-refractivity contribution in [2.45, 2.75) is 32.1 Å². The number of hydrogen-bond donors (Lipinski definition) is 1. The highest BCUT2D eigenvalue weighted by Gasteiger charge is 2.29. The fourth-order valence-electron chi connectivity index (χ4n) is 3.51. The Bertz CT molecular complexity index is 658. The quantitative estimate of drug-likeness (QED) is 0.911. The Morgan fingerprint density at radius 1 is 1.21 bits per heavy atom. The first-order valence-electron chi connectivity index (χ1n) is 8.45. The molecule has 0 aliphatic carbocycles. The van der Waals surface area contributed by atoms with Gasteiger partial charge < -0.3 is 14.9 Å². The number of carboxylic acids is 1. The molecule has 1 aromatic carbocycles. The largest absolute Gasteiger partial charge is 0.481 e. The van der Waals surface area contributed by atoms with Gasteiger partial charge in [0, 0.05) is 38.2 Å². The minimum Gasteiger partial charge on any atom is -0.481 e. The average Bonchev–Trinajstić information content (AvgIpc) is 2.60. The van der Waals surface area contributed by atoms with E-state index in [1.54, 1.807) is 9.80 Å². The van der Waals surface area contributed by atoms with Crippen molar-refractivity contribution >= 4 is 23.5 Å². The number of carbonyl (C=O) groups is 3. The second kappa shape index (κ2) is 7.03. The number of rotatable bonds is 4. The summed E-state index contributed by atoms with van der Waals surface area (Å²) in [6.45, 7) is 1.23. The Hall–Kier alpha value is -2.37. The fourth-order valence-corrected chi connectivity index (χ4v) is 3.51. The van der Waals surface area contributed by atoms with Crippen molar-refractivity contribution in [1.82, 2.24) is 4.90 Å². The Labute approximate surface area is 141 Å². The number of anilines is 1. The molecule has 1 fully saturated rings. The highest BCUT2D eigenvalue weighted by atomic mass is 16.4. The van der Waals surface area contributed by atoms with Crippen molar-refractivity contribution in [2.75, 3.05) is 24.5 Å². The molecule has 6 nitrogen and oxygen atoms in total. The van der Waals surface area contributed by atoms with Crippen molar-refractivity contribution in [1.29, 1.82) is 0 Å². The average molecular weight is 330 g/mol. The number of carbonyl (C=O) groups excluding carboxylic acids is 2. The van der Waals surface area contributed by atoms with E-state index < -0.39 is 11.9 Å². The standard InChI is InChI=1S/C18H22N2O4/c21-16(19-10-3-5-14(12-19)18(23)24)9-11-20-15-6-2-1-4-13(15)7-8-17(20)22/h1-2,4,6,14H,3,5,7-12H2,(H,23,24). The third-order valence-electron chi connectivity index (χ3n) is 4.86. The maximum absolute atomic E-state index is 12.4. The van der Waals surface area contributed by atoms with Crippen LogP contribution in [0.3, 0.4) is 0 Å². The van der Waals surface area contributed by atoms with Crippen molar-refractivity contribution in [3.63, 3.8) is 0 Å². The number of likely N-dealkylation sites (tertiary alicyclic amines) is 1. The lowest BCUT2D eigenvalue weighted by Crippen LogP contribution is -2.44. The van der Waals surface area contributed by atoms with Gasteiger partial charge in [0.25, 0.3) is 0 Å². The van der Waals surface area contributed by atoms with E-state index in [1.165, 1.54) is 0 Å². The third-order valence-corrected chi connectivity index (χ3v) is 4.86. The zero-order valence-corrected chi connectivity index (χ0v) is 13.6. The molecule has 0 saturated carbocycles. The maximum Gasteiger partial charge on any atom is 0.308 e. The summed E-state index contributed by atoms with van der Waals surface area (Å²) < 4.78 is 0. The second-order valence-corrected chi connectivity index (χ2v) is 6.44. The number of aliphatic carboxylic acids is 1. The normalized spacial score (nSPS) is 20.7. The molecule has 2 aliphatic rings. The van der Waals surface area contributed by atoms with Crippen LogP contribution in [0.15, 0.2) is 24.3 Å². The summed E-state index contributed by atoms with van der Waals surface area (Å²) in [4.78, 5) is 39.1. The fraction of sp³-hybridized carbons (Fsp3) is 0.500. The number of benzene rings is 1. The van der Waals surface area contributed by atoms with E-state index in [0.29, 0.717) is 32.4 Å². The first-order chi connectivity index (χ1) is 11.6. The monoisotopic (exact) mass is 330 g/mol. The molecule has 2 amide bonds. The molecule has 24 heavy (non-hydrogen) atoms. The highest BCUT2D eigenvalue weighted by molar-refractivity contribution is 5.97. The maximum atomic E-state index is 12.4. The van der Waals surface area contributed by atoms with Crippen molar-refractivity contribution < 1.29 is 19.5 Å². The topological polar surface area (TPSA) is 77.9 Å². The van der Waals surface area contributed by atoms with Gasteiger partial charge in [-0.3, -0.25) is 14.4 Å². The lowest BCUT2D eigenvalue weighted by Gasteiger charge is -2.33. The van der Waals surface area contributed by atoms with Crippen molar-refractivity contribution in [2.24, 2.45) is 5.92 Å². The van der Waals surface area contributed by atoms with Gasteiger partial charge in [-0.2, -0.15) is 0 Å². The van der Waals surface area contributed by atoms with Crippen LogP contribution in [0.25, 0.3) is 0 Å². The molecule has 0 spiro atoms. The molecule has 1 N–H and O–H groups in total. The molecule has 0 radical (unpaired) electrons. The van der Waals surface area contributed by atoms with Gasteiger partial charge in [-0.05, 0) is 30.9 Å². The molecule has 6 heteroatoms. The van der Waals surface area contributed by atoms with Gasteiger partial charge in [0.2, 0.25) is 11.8 Å². The van der Waals surface area contributed by atoms with Crippen molar-refractivity contribution in [3.8, 4) is 0 Å². The predicted octanol–water partition coefficient (Wildman–Crippen LogP) is 1.68. The van der Waals surface area contributed by atoms with Gasteiger partial charge in [0.05, 0.1) is 5.92 Å². The molecule has 128 valence electrons. The van der Waals surface area contributed by atoms with Crippen LogP contribution in [-0.2, 0) is 20.8 Å². The van der Waals surface area contributed by atoms with E-state index in [0.717, 1.165) is 17.7 Å². The molecule has 1 unspecified atom stereocenters. The molecular weight excluding hydrogens is 308 g/mol. The van der Waals surface area contributed by atoms with Gasteiger partial charge in [0.1, 0.15) is 0 Å². The molecule has 1 aromatic rings. The summed E-state index contributed by atoms with van der Waals surface area (Å²) in [5, 5.41) is 9.12. The number of piperidine rings is 1. The summed E-state index contributed by atoms with van der Waals surface area (Å²) in [6, 6.07) is 7.78. The molecule has 3 rings (SSSR count). The number of aryl methyl sites for hydroxylation is 1. The number of carboxylic acid groups (broad SMARTS) is 1. The first kappa shape index (κ1) is 16.5. The Kier molecular flexibility index (Phi) is 4.83. The predicted molar refractivity (Wildman–Crippen MR) is 88.7 cm³/mol.